The molecule has 1 aliphatic carbocycles. The molecule has 1 saturated carbocycles. The van der Waals surface area contributed by atoms with Crippen LogP contribution in [0.5, 0.6) is 0 Å². The van der Waals surface area contributed by atoms with Crippen molar-refractivity contribution in [3.63, 3.8) is 0 Å². The van der Waals surface area contributed by atoms with Gasteiger partial charge in [-0.3, -0.25) is 4.79 Å². The smallest absolute Gasteiger partial charge is 0.323 e. The number of nitrogens with one attached hydrogen (secondary N) is 1. The lowest BCUT2D eigenvalue weighted by molar-refractivity contribution is -0.145. The first-order chi connectivity index (χ1) is 8.80. The molecule has 0 bridgehead atoms. The van der Waals surface area contributed by atoms with Crippen molar-refractivity contribution < 1.29 is 9.53 Å². The summed E-state index contributed by atoms with van der Waals surface area (Å²) in [6.45, 7) is 11.2. The van der Waals surface area contributed by atoms with Gasteiger partial charge in [-0.15, -0.1) is 0 Å². The van der Waals surface area contributed by atoms with Gasteiger partial charge in [0.1, 0.15) is 6.04 Å². The average Bonchev–Trinajstić information content (AvgIpc) is 2.35. The summed E-state index contributed by atoms with van der Waals surface area (Å²) in [5.74, 6) is 0.806. The summed E-state index contributed by atoms with van der Waals surface area (Å²) in [4.78, 5) is 11.9. The topological polar surface area (TPSA) is 38.3 Å². The highest BCUT2D eigenvalue weighted by Crippen LogP contribution is 2.38. The highest BCUT2D eigenvalue weighted by atomic mass is 16.5. The van der Waals surface area contributed by atoms with Crippen molar-refractivity contribution in [2.45, 2.75) is 72.4 Å². The van der Waals surface area contributed by atoms with E-state index in [1.54, 1.807) is 0 Å². The first-order valence-electron chi connectivity index (χ1n) is 7.64. The Balaban J connectivity index is 2.67. The van der Waals surface area contributed by atoms with E-state index in [0.717, 1.165) is 12.8 Å². The summed E-state index contributed by atoms with van der Waals surface area (Å²) in [7, 11) is 1.48. The van der Waals surface area contributed by atoms with Crippen molar-refractivity contribution in [1.29, 1.82) is 0 Å². The molecule has 0 saturated heterocycles. The Bertz CT molecular complexity index is 301. The molecule has 3 nitrogen and oxygen atoms in total. The van der Waals surface area contributed by atoms with Crippen LogP contribution in [0.4, 0.5) is 0 Å². The molecule has 0 aromatic heterocycles. The fourth-order valence-corrected chi connectivity index (χ4v) is 3.25. The lowest BCUT2D eigenvalue weighted by atomic mass is 9.70. The van der Waals surface area contributed by atoms with Gasteiger partial charge in [-0.25, -0.2) is 0 Å². The number of ether oxygens (including phenoxy) is 1. The van der Waals surface area contributed by atoms with E-state index in [0.29, 0.717) is 23.3 Å². The molecule has 4 unspecified atom stereocenters. The molecule has 3 heteroatoms. The first kappa shape index (κ1) is 16.5. The molecule has 0 aromatic carbocycles. The second-order valence-corrected chi connectivity index (χ2v) is 7.04. The highest BCUT2D eigenvalue weighted by molar-refractivity contribution is 5.76. The third-order valence-corrected chi connectivity index (χ3v) is 4.76. The SMILES string of the molecule is CCC(C)C(NC1CCC(C)(C)CC1C)C(=O)OC. The minimum Gasteiger partial charge on any atom is -0.468 e. The lowest BCUT2D eigenvalue weighted by Gasteiger charge is -2.41. The Hall–Kier alpha value is -0.570. The zero-order chi connectivity index (χ0) is 14.6. The second-order valence-electron chi connectivity index (χ2n) is 7.04. The standard InChI is InChI=1S/C16H31NO2/c1-7-11(2)14(15(18)19-6)17-13-8-9-16(4,5)10-12(13)3/h11-14,17H,7-10H2,1-6H3. The van der Waals surface area contributed by atoms with E-state index in [9.17, 15) is 4.79 Å². The van der Waals surface area contributed by atoms with Crippen LogP contribution in [0.1, 0.15) is 60.3 Å². The van der Waals surface area contributed by atoms with Gasteiger partial charge in [0, 0.05) is 6.04 Å². The molecule has 0 aromatic rings. The number of carbonyl (C=O) groups excluding carboxylic acids is 1. The van der Waals surface area contributed by atoms with Crippen molar-refractivity contribution in [2.24, 2.45) is 17.3 Å². The molecule has 1 rings (SSSR count). The molecule has 0 spiro atoms. The number of hydrogen-bond donors (Lipinski definition) is 1. The lowest BCUT2D eigenvalue weighted by Crippen LogP contribution is -2.52. The van der Waals surface area contributed by atoms with Gasteiger partial charge in [0.25, 0.3) is 0 Å². The van der Waals surface area contributed by atoms with Crippen LogP contribution < -0.4 is 5.32 Å². The minimum absolute atomic E-state index is 0.119. The summed E-state index contributed by atoms with van der Waals surface area (Å²) in [5, 5.41) is 3.57. The molecule has 0 radical (unpaired) electrons. The predicted molar refractivity (Wildman–Crippen MR) is 79.0 cm³/mol. The Morgan fingerprint density at radius 3 is 2.58 bits per heavy atom. The maximum absolute atomic E-state index is 11.9. The zero-order valence-corrected chi connectivity index (χ0v) is 13.5. The fraction of sp³-hybridized carbons (Fsp3) is 0.938. The quantitative estimate of drug-likeness (QED) is 0.778. The Kier molecular flexibility index (Phi) is 5.84. The Morgan fingerprint density at radius 1 is 1.47 bits per heavy atom. The zero-order valence-electron chi connectivity index (χ0n) is 13.5. The summed E-state index contributed by atoms with van der Waals surface area (Å²) >= 11 is 0. The maximum atomic E-state index is 11.9. The molecule has 1 N–H and O–H groups in total. The van der Waals surface area contributed by atoms with Gasteiger partial charge in [0.15, 0.2) is 0 Å². The van der Waals surface area contributed by atoms with Crippen LogP contribution in [0.2, 0.25) is 0 Å². The van der Waals surface area contributed by atoms with Gasteiger partial charge < -0.3 is 10.1 Å². The molecule has 19 heavy (non-hydrogen) atoms. The normalized spacial score (nSPS) is 29.6. The van der Waals surface area contributed by atoms with Crippen LogP contribution in [0.25, 0.3) is 0 Å². The van der Waals surface area contributed by atoms with Crippen LogP contribution in [0, 0.1) is 17.3 Å². The molecule has 112 valence electrons. The predicted octanol–water partition coefficient (Wildman–Crippen LogP) is 3.38. The monoisotopic (exact) mass is 269 g/mol. The van der Waals surface area contributed by atoms with Crippen molar-refractivity contribution in [3.8, 4) is 0 Å². The summed E-state index contributed by atoms with van der Waals surface area (Å²) in [6.07, 6.45) is 4.58. The van der Waals surface area contributed by atoms with Gasteiger partial charge in [-0.1, -0.05) is 41.0 Å². The van der Waals surface area contributed by atoms with Crippen molar-refractivity contribution in [1.82, 2.24) is 5.32 Å². The van der Waals surface area contributed by atoms with Crippen LogP contribution in [-0.4, -0.2) is 25.2 Å². The summed E-state index contributed by atoms with van der Waals surface area (Å²) in [6, 6.07) is 0.273. The third kappa shape index (κ3) is 4.48. The largest absolute Gasteiger partial charge is 0.468 e. The first-order valence-corrected chi connectivity index (χ1v) is 7.64. The van der Waals surface area contributed by atoms with Gasteiger partial charge in [0.05, 0.1) is 7.11 Å². The molecule has 4 atom stereocenters. The van der Waals surface area contributed by atoms with Gasteiger partial charge in [-0.2, -0.15) is 0 Å². The van der Waals surface area contributed by atoms with Crippen molar-refractivity contribution >= 4 is 5.97 Å². The second kappa shape index (κ2) is 6.74. The Labute approximate surface area is 118 Å². The van der Waals surface area contributed by atoms with Gasteiger partial charge in [-0.05, 0) is 36.5 Å². The van der Waals surface area contributed by atoms with E-state index in [1.807, 2.05) is 0 Å². The van der Waals surface area contributed by atoms with Crippen LogP contribution in [0.15, 0.2) is 0 Å². The third-order valence-electron chi connectivity index (χ3n) is 4.76. The molecule has 0 amide bonds. The molecule has 0 aliphatic heterocycles. The van der Waals surface area contributed by atoms with Crippen LogP contribution >= 0.6 is 0 Å². The Morgan fingerprint density at radius 2 is 2.11 bits per heavy atom. The highest BCUT2D eigenvalue weighted by Gasteiger charge is 2.35. The fourth-order valence-electron chi connectivity index (χ4n) is 3.25. The molecular formula is C16H31NO2. The number of methoxy groups -OCH3 is 1. The van der Waals surface area contributed by atoms with Gasteiger partial charge >= 0.3 is 5.97 Å². The minimum atomic E-state index is -0.163. The van der Waals surface area contributed by atoms with Gasteiger partial charge in [0.2, 0.25) is 0 Å². The number of carbonyl (C=O) groups is 1. The molecular weight excluding hydrogens is 238 g/mol. The summed E-state index contributed by atoms with van der Waals surface area (Å²) < 4.78 is 4.95. The molecule has 1 fully saturated rings. The molecule has 1 aliphatic rings. The van der Waals surface area contributed by atoms with Crippen LogP contribution in [0.3, 0.4) is 0 Å². The van der Waals surface area contributed by atoms with E-state index in [1.165, 1.54) is 20.0 Å². The average molecular weight is 269 g/mol. The van der Waals surface area contributed by atoms with E-state index in [4.69, 9.17) is 4.74 Å². The number of esters is 1. The molecule has 0 heterocycles. The van der Waals surface area contributed by atoms with Crippen LogP contribution in [-0.2, 0) is 9.53 Å². The number of rotatable bonds is 5. The maximum Gasteiger partial charge on any atom is 0.323 e. The van der Waals surface area contributed by atoms with Crippen molar-refractivity contribution in [3.05, 3.63) is 0 Å². The van der Waals surface area contributed by atoms with E-state index in [-0.39, 0.29) is 12.0 Å². The summed E-state index contributed by atoms with van der Waals surface area (Å²) in [5.41, 5.74) is 0.439. The van der Waals surface area contributed by atoms with E-state index >= 15 is 0 Å². The van der Waals surface area contributed by atoms with E-state index < -0.39 is 0 Å². The van der Waals surface area contributed by atoms with Crippen molar-refractivity contribution in [2.75, 3.05) is 7.11 Å². The van der Waals surface area contributed by atoms with E-state index in [2.05, 4.69) is 39.9 Å². The number of hydrogen-bond acceptors (Lipinski definition) is 3.